The number of aromatic nitrogens is 5. The fourth-order valence-corrected chi connectivity index (χ4v) is 4.54. The maximum atomic E-state index is 14.4. The van der Waals surface area contributed by atoms with Crippen molar-refractivity contribution < 1.29 is 27.2 Å². The first-order chi connectivity index (χ1) is 18.4. The number of anilines is 2. The van der Waals surface area contributed by atoms with E-state index in [1.54, 1.807) is 6.07 Å². The highest BCUT2D eigenvalue weighted by atomic mass is 19.4. The molecule has 6 rings (SSSR count). The van der Waals surface area contributed by atoms with E-state index in [1.807, 2.05) is 0 Å². The van der Waals surface area contributed by atoms with Crippen LogP contribution in [-0.2, 0) is 27.6 Å². The summed E-state index contributed by atoms with van der Waals surface area (Å²) in [6, 6.07) is 5.79. The van der Waals surface area contributed by atoms with Gasteiger partial charge in [0.05, 0.1) is 11.3 Å². The number of nitrogens with one attached hydrogen (secondary N) is 2. The van der Waals surface area contributed by atoms with Crippen molar-refractivity contribution in [1.29, 1.82) is 0 Å². The molecule has 2 amide bonds. The number of alkyl halides is 3. The Labute approximate surface area is 217 Å². The van der Waals surface area contributed by atoms with Gasteiger partial charge in [-0.2, -0.15) is 13.2 Å². The molecule has 4 aromatic rings. The topological polar surface area (TPSA) is 140 Å². The maximum absolute atomic E-state index is 14.4. The van der Waals surface area contributed by atoms with Gasteiger partial charge in [0.1, 0.15) is 23.1 Å². The van der Waals surface area contributed by atoms with Crippen molar-refractivity contribution in [1.82, 2.24) is 29.7 Å². The van der Waals surface area contributed by atoms with Crippen LogP contribution in [0.3, 0.4) is 0 Å². The first kappa shape index (κ1) is 24.7. The van der Waals surface area contributed by atoms with Gasteiger partial charge in [-0.1, -0.05) is 18.2 Å². The van der Waals surface area contributed by atoms with Gasteiger partial charge in [0.25, 0.3) is 0 Å². The zero-order chi connectivity index (χ0) is 27.7. The largest absolute Gasteiger partial charge is 0.434 e. The Balaban J connectivity index is 1.47. The third-order valence-corrected chi connectivity index (χ3v) is 6.83. The Morgan fingerprint density at radius 1 is 1.18 bits per heavy atom. The first-order valence-electron chi connectivity index (χ1n) is 11.9. The molecule has 39 heavy (non-hydrogen) atoms. The number of hydrogen-bond acceptors (Lipinski definition) is 7. The molecule has 4 N–H and O–H groups in total. The molecular weight excluding hydrogens is 520 g/mol. The molecule has 1 fully saturated rings. The Bertz CT molecular complexity index is 1680. The lowest BCUT2D eigenvalue weighted by Gasteiger charge is -2.21. The maximum Gasteiger partial charge on any atom is 0.434 e. The number of hydrogen-bond donors (Lipinski definition) is 3. The Morgan fingerprint density at radius 3 is 2.62 bits per heavy atom. The number of halogens is 4. The van der Waals surface area contributed by atoms with E-state index in [0.717, 1.165) is 23.4 Å². The van der Waals surface area contributed by atoms with Gasteiger partial charge in [-0.15, -0.1) is 0 Å². The predicted octanol–water partition coefficient (Wildman–Crippen LogP) is 3.01. The van der Waals surface area contributed by atoms with Crippen LogP contribution in [0, 0.1) is 5.82 Å². The molecule has 1 aromatic carbocycles. The van der Waals surface area contributed by atoms with Gasteiger partial charge in [0.2, 0.25) is 11.8 Å². The van der Waals surface area contributed by atoms with Gasteiger partial charge in [-0.05, 0) is 31.4 Å². The van der Waals surface area contributed by atoms with Crippen molar-refractivity contribution in [2.45, 2.75) is 43.8 Å². The van der Waals surface area contributed by atoms with Crippen molar-refractivity contribution in [3.8, 4) is 11.5 Å². The van der Waals surface area contributed by atoms with E-state index < -0.39 is 34.9 Å². The summed E-state index contributed by atoms with van der Waals surface area (Å²) >= 11 is 0. The van der Waals surface area contributed by atoms with Crippen molar-refractivity contribution in [2.75, 3.05) is 11.1 Å². The Kier molecular flexibility index (Phi) is 5.35. The number of nitrogens with two attached hydrogens (primary N) is 1. The van der Waals surface area contributed by atoms with Gasteiger partial charge in [0.15, 0.2) is 22.6 Å². The molecule has 3 aromatic heterocycles. The number of nitrogen functional groups attached to an aromatic ring is 1. The molecule has 10 nitrogen and oxygen atoms in total. The van der Waals surface area contributed by atoms with Gasteiger partial charge in [0, 0.05) is 24.9 Å². The lowest BCUT2D eigenvalue weighted by Crippen LogP contribution is -2.48. The van der Waals surface area contributed by atoms with Gasteiger partial charge >= 0.3 is 6.18 Å². The smallest absolute Gasteiger partial charge is 0.383 e. The van der Waals surface area contributed by atoms with Crippen molar-refractivity contribution in [3.05, 3.63) is 65.0 Å². The number of carbonyl (C=O) groups excluding carboxylic acids is 2. The summed E-state index contributed by atoms with van der Waals surface area (Å²) < 4.78 is 55.9. The number of imidazole rings is 1. The predicted molar refractivity (Wildman–Crippen MR) is 130 cm³/mol. The van der Waals surface area contributed by atoms with Crippen LogP contribution < -0.4 is 16.4 Å². The molecule has 200 valence electrons. The normalized spacial score (nSPS) is 18.7. The van der Waals surface area contributed by atoms with Crippen molar-refractivity contribution >= 4 is 29.1 Å². The highest BCUT2D eigenvalue weighted by Crippen LogP contribution is 2.41. The van der Waals surface area contributed by atoms with Crippen LogP contribution in [0.5, 0.6) is 0 Å². The number of amides is 2. The lowest BCUT2D eigenvalue weighted by molar-refractivity contribution is -0.141. The molecule has 1 aliphatic carbocycles. The van der Waals surface area contributed by atoms with Crippen LogP contribution in [0.2, 0.25) is 0 Å². The van der Waals surface area contributed by atoms with E-state index in [9.17, 15) is 27.2 Å². The van der Waals surface area contributed by atoms with Crippen LogP contribution in [0.15, 0.2) is 36.7 Å². The quantitative estimate of drug-likeness (QED) is 0.261. The molecule has 0 saturated heterocycles. The van der Waals surface area contributed by atoms with E-state index in [2.05, 4.69) is 30.6 Å². The van der Waals surface area contributed by atoms with Gasteiger partial charge in [-0.3, -0.25) is 9.59 Å². The minimum atomic E-state index is -4.73. The van der Waals surface area contributed by atoms with Crippen LogP contribution in [0.1, 0.15) is 42.3 Å². The molecule has 0 spiro atoms. The summed E-state index contributed by atoms with van der Waals surface area (Å²) in [4.78, 5) is 42.5. The Morgan fingerprint density at radius 2 is 1.92 bits per heavy atom. The fraction of sp³-hybridized carbons (Fsp3) is 0.280. The van der Waals surface area contributed by atoms with Crippen LogP contribution in [0.25, 0.3) is 17.2 Å². The van der Waals surface area contributed by atoms with E-state index in [4.69, 9.17) is 5.73 Å². The minimum Gasteiger partial charge on any atom is -0.383 e. The van der Waals surface area contributed by atoms with Crippen molar-refractivity contribution in [3.63, 3.8) is 0 Å². The van der Waals surface area contributed by atoms with Crippen LogP contribution in [-0.4, -0.2) is 42.2 Å². The highest BCUT2D eigenvalue weighted by Gasteiger charge is 2.53. The van der Waals surface area contributed by atoms with Gasteiger partial charge in [-0.25, -0.2) is 24.3 Å². The number of carbonyl (C=O) groups is 2. The number of fused-ring (bicyclic) bond motifs is 2. The zero-order valence-corrected chi connectivity index (χ0v) is 20.3. The second-order valence-corrected chi connectivity index (χ2v) is 9.68. The summed E-state index contributed by atoms with van der Waals surface area (Å²) in [6.45, 7) is 1.42. The molecule has 0 bridgehead atoms. The fourth-order valence-electron chi connectivity index (χ4n) is 4.54. The van der Waals surface area contributed by atoms with E-state index >= 15 is 0 Å². The first-order valence-corrected chi connectivity index (χ1v) is 11.9. The molecule has 4 heterocycles. The van der Waals surface area contributed by atoms with E-state index in [1.165, 1.54) is 31.3 Å². The zero-order valence-electron chi connectivity index (χ0n) is 20.3. The molecule has 1 saturated carbocycles. The van der Waals surface area contributed by atoms with Gasteiger partial charge < -0.3 is 20.8 Å². The monoisotopic (exact) mass is 540 g/mol. The minimum absolute atomic E-state index is 0.000234. The molecule has 14 heteroatoms. The Hall–Kier alpha value is -4.62. The third kappa shape index (κ3) is 4.11. The summed E-state index contributed by atoms with van der Waals surface area (Å²) in [5, 5.41) is 5.36. The second-order valence-electron chi connectivity index (χ2n) is 9.68. The van der Waals surface area contributed by atoms with E-state index in [-0.39, 0.29) is 58.1 Å². The molecule has 2 aliphatic rings. The average Bonchev–Trinajstić information content (AvgIpc) is 3.49. The third-order valence-electron chi connectivity index (χ3n) is 6.83. The summed E-state index contributed by atoms with van der Waals surface area (Å²) in [5.74, 6) is -2.01. The van der Waals surface area contributed by atoms with E-state index in [0.29, 0.717) is 0 Å². The SMILES string of the molecule is CC1(C(=O)NC2CC2)C(=O)Nc2nc(-c3cn4cc(C(F)(F)F)nc4c(Cc4ccccc4F)n3)nc(N)c21. The summed E-state index contributed by atoms with van der Waals surface area (Å²) in [5.41, 5.74) is 3.60. The van der Waals surface area contributed by atoms with Crippen LogP contribution >= 0.6 is 0 Å². The molecule has 1 aliphatic heterocycles. The number of benzene rings is 1. The highest BCUT2D eigenvalue weighted by molar-refractivity contribution is 6.21. The number of rotatable bonds is 5. The second kappa shape index (κ2) is 8.44. The average molecular weight is 540 g/mol. The summed E-state index contributed by atoms with van der Waals surface area (Å²) in [7, 11) is 0. The lowest BCUT2D eigenvalue weighted by atomic mass is 9.83. The molecule has 1 unspecified atom stereocenters. The number of nitrogens with zero attached hydrogens (tertiary/aromatic N) is 5. The van der Waals surface area contributed by atoms with Crippen LogP contribution in [0.4, 0.5) is 29.2 Å². The van der Waals surface area contributed by atoms with Crippen molar-refractivity contribution in [2.24, 2.45) is 0 Å². The standard InChI is InChI=1S/C25H20F4N8O2/c1-24(22(38)31-12-6-7-12)17-18(30)34-19(35-20(17)36-23(24)39)15-9-37-10-16(25(27,28)29)33-21(37)14(32-15)8-11-4-2-3-5-13(11)26/h2-5,9-10,12H,6-8H2,1H3,(H,31,38)(H3,30,34,35,36,39). The molecular formula is C25H20F4N8O2. The molecule has 1 atom stereocenters. The molecule has 0 radical (unpaired) electrons. The summed E-state index contributed by atoms with van der Waals surface area (Å²) in [6.07, 6.45) is -1.26.